The summed E-state index contributed by atoms with van der Waals surface area (Å²) in [6, 6.07) is 16.2. The molecule has 4 rings (SSSR count). The van der Waals surface area contributed by atoms with Crippen molar-refractivity contribution in [3.05, 3.63) is 54.1 Å². The minimum Gasteiger partial charge on any atom is -0.484 e. The molecular formula is C21H23N3O3. The predicted octanol–water partition coefficient (Wildman–Crippen LogP) is 3.30. The third-order valence-electron chi connectivity index (χ3n) is 4.89. The van der Waals surface area contributed by atoms with Crippen LogP contribution in [-0.4, -0.2) is 36.6 Å². The van der Waals surface area contributed by atoms with E-state index in [2.05, 4.69) is 15.2 Å². The number of para-hydroxylation sites is 3. The molecule has 140 valence electrons. The van der Waals surface area contributed by atoms with E-state index in [1.807, 2.05) is 55.5 Å². The molecule has 6 nitrogen and oxygen atoms in total. The first-order valence-corrected chi connectivity index (χ1v) is 9.28. The highest BCUT2D eigenvalue weighted by atomic mass is 16.5. The van der Waals surface area contributed by atoms with Crippen molar-refractivity contribution in [3.8, 4) is 5.75 Å². The monoisotopic (exact) mass is 365 g/mol. The molecule has 0 radical (unpaired) electrons. The van der Waals surface area contributed by atoms with Crippen LogP contribution in [0.1, 0.15) is 18.4 Å². The first kappa shape index (κ1) is 17.4. The number of hydrogen-bond donors (Lipinski definition) is 1. The molecule has 0 spiro atoms. The minimum absolute atomic E-state index is 0.0143. The van der Waals surface area contributed by atoms with Crippen molar-refractivity contribution in [2.45, 2.75) is 25.8 Å². The van der Waals surface area contributed by atoms with Crippen molar-refractivity contribution in [2.24, 2.45) is 0 Å². The second-order valence-corrected chi connectivity index (χ2v) is 6.81. The molecule has 1 saturated heterocycles. The fourth-order valence-electron chi connectivity index (χ4n) is 3.43. The van der Waals surface area contributed by atoms with Crippen LogP contribution in [0, 0.1) is 6.92 Å². The van der Waals surface area contributed by atoms with Gasteiger partial charge >= 0.3 is 0 Å². The summed E-state index contributed by atoms with van der Waals surface area (Å²) in [5.74, 6) is 0.615. The lowest BCUT2D eigenvalue weighted by Crippen LogP contribution is -2.41. The Bertz CT molecular complexity index is 904. The standard InChI is InChI=1S/C21H23N3O3/c1-15-7-2-4-10-18(15)26-14-20(25)22-13-16-8-6-12-24(16)21-23-17-9-3-5-11-19(17)27-21/h2-5,7,9-11,16H,6,8,12-14H2,1H3,(H,22,25). The Morgan fingerprint density at radius 2 is 2.07 bits per heavy atom. The van der Waals surface area contributed by atoms with Crippen molar-refractivity contribution < 1.29 is 13.9 Å². The molecule has 1 atom stereocenters. The SMILES string of the molecule is Cc1ccccc1OCC(=O)NCC1CCCN1c1nc2ccccc2o1. The smallest absolute Gasteiger partial charge is 0.298 e. The zero-order valence-electron chi connectivity index (χ0n) is 15.4. The lowest BCUT2D eigenvalue weighted by Gasteiger charge is -2.23. The van der Waals surface area contributed by atoms with Crippen LogP contribution in [0.2, 0.25) is 0 Å². The van der Waals surface area contributed by atoms with Gasteiger partial charge in [0.1, 0.15) is 11.3 Å². The topological polar surface area (TPSA) is 67.6 Å². The normalized spacial score (nSPS) is 16.6. The molecule has 1 aliphatic heterocycles. The highest BCUT2D eigenvalue weighted by Gasteiger charge is 2.28. The number of nitrogens with one attached hydrogen (secondary N) is 1. The number of nitrogens with zero attached hydrogens (tertiary/aromatic N) is 2. The summed E-state index contributed by atoms with van der Waals surface area (Å²) in [6.45, 7) is 3.41. The van der Waals surface area contributed by atoms with E-state index in [0.29, 0.717) is 12.6 Å². The number of aromatic nitrogens is 1. The van der Waals surface area contributed by atoms with E-state index < -0.39 is 0 Å². The number of benzene rings is 2. The molecule has 1 fully saturated rings. The van der Waals surface area contributed by atoms with E-state index in [0.717, 1.165) is 41.8 Å². The number of carbonyl (C=O) groups is 1. The summed E-state index contributed by atoms with van der Waals surface area (Å²) in [5.41, 5.74) is 2.66. The number of hydrogen-bond acceptors (Lipinski definition) is 5. The fraction of sp³-hybridized carbons (Fsp3) is 0.333. The zero-order chi connectivity index (χ0) is 18.6. The Kier molecular flexibility index (Phi) is 4.96. The van der Waals surface area contributed by atoms with Gasteiger partial charge in [-0.1, -0.05) is 30.3 Å². The van der Waals surface area contributed by atoms with Crippen molar-refractivity contribution in [1.82, 2.24) is 10.3 Å². The molecule has 2 heterocycles. The van der Waals surface area contributed by atoms with Crippen molar-refractivity contribution >= 4 is 23.0 Å². The van der Waals surface area contributed by atoms with Crippen LogP contribution in [0.5, 0.6) is 5.75 Å². The second kappa shape index (κ2) is 7.70. The van der Waals surface area contributed by atoms with E-state index >= 15 is 0 Å². The number of rotatable bonds is 6. The molecule has 1 unspecified atom stereocenters. The van der Waals surface area contributed by atoms with Gasteiger partial charge in [-0.2, -0.15) is 4.98 Å². The molecule has 0 bridgehead atoms. The largest absolute Gasteiger partial charge is 0.484 e. The molecule has 1 aliphatic rings. The van der Waals surface area contributed by atoms with Gasteiger partial charge in [-0.3, -0.25) is 4.79 Å². The molecule has 1 amide bonds. The van der Waals surface area contributed by atoms with Crippen LogP contribution in [-0.2, 0) is 4.79 Å². The van der Waals surface area contributed by atoms with Gasteiger partial charge in [-0.15, -0.1) is 0 Å². The first-order chi connectivity index (χ1) is 13.2. The lowest BCUT2D eigenvalue weighted by molar-refractivity contribution is -0.123. The minimum atomic E-state index is -0.123. The van der Waals surface area contributed by atoms with Crippen LogP contribution < -0.4 is 15.0 Å². The lowest BCUT2D eigenvalue weighted by atomic mass is 10.2. The molecule has 3 aromatic rings. The maximum Gasteiger partial charge on any atom is 0.298 e. The van der Waals surface area contributed by atoms with Gasteiger partial charge in [0, 0.05) is 13.1 Å². The molecule has 0 saturated carbocycles. The van der Waals surface area contributed by atoms with Crippen molar-refractivity contribution in [1.29, 1.82) is 0 Å². The van der Waals surface area contributed by atoms with Gasteiger partial charge < -0.3 is 19.4 Å². The number of anilines is 1. The molecule has 2 aromatic carbocycles. The summed E-state index contributed by atoms with van der Waals surface area (Å²) in [7, 11) is 0. The van der Waals surface area contributed by atoms with Gasteiger partial charge in [0.05, 0.1) is 6.04 Å². The maximum absolute atomic E-state index is 12.2. The molecular weight excluding hydrogens is 342 g/mol. The second-order valence-electron chi connectivity index (χ2n) is 6.81. The number of ether oxygens (including phenoxy) is 1. The highest BCUT2D eigenvalue weighted by molar-refractivity contribution is 5.77. The van der Waals surface area contributed by atoms with Crippen LogP contribution in [0.25, 0.3) is 11.1 Å². The summed E-state index contributed by atoms with van der Waals surface area (Å²) in [4.78, 5) is 18.9. The van der Waals surface area contributed by atoms with E-state index in [1.54, 1.807) is 0 Å². The Balaban J connectivity index is 1.33. The molecule has 6 heteroatoms. The number of aryl methyl sites for hydroxylation is 1. The number of amides is 1. The van der Waals surface area contributed by atoms with E-state index in [4.69, 9.17) is 9.15 Å². The van der Waals surface area contributed by atoms with Crippen LogP contribution in [0.3, 0.4) is 0 Å². The summed E-state index contributed by atoms with van der Waals surface area (Å²) < 4.78 is 11.5. The average Bonchev–Trinajstić information content (AvgIpc) is 3.31. The number of carbonyl (C=O) groups excluding carboxylic acids is 1. The Morgan fingerprint density at radius 3 is 2.93 bits per heavy atom. The summed E-state index contributed by atoms with van der Waals surface area (Å²) in [5, 5.41) is 2.97. The fourth-order valence-corrected chi connectivity index (χ4v) is 3.43. The molecule has 1 N–H and O–H groups in total. The Labute approximate surface area is 158 Å². The van der Waals surface area contributed by atoms with Gasteiger partial charge in [0.15, 0.2) is 12.2 Å². The summed E-state index contributed by atoms with van der Waals surface area (Å²) >= 11 is 0. The third-order valence-corrected chi connectivity index (χ3v) is 4.89. The quantitative estimate of drug-likeness (QED) is 0.726. The van der Waals surface area contributed by atoms with E-state index in [-0.39, 0.29) is 18.6 Å². The molecule has 1 aromatic heterocycles. The van der Waals surface area contributed by atoms with Crippen molar-refractivity contribution in [3.63, 3.8) is 0 Å². The van der Waals surface area contributed by atoms with Gasteiger partial charge in [-0.05, 0) is 43.5 Å². The Hall–Kier alpha value is -3.02. The van der Waals surface area contributed by atoms with Crippen LogP contribution in [0.4, 0.5) is 6.01 Å². The Morgan fingerprint density at radius 1 is 1.26 bits per heavy atom. The zero-order valence-corrected chi connectivity index (χ0v) is 15.4. The third kappa shape index (κ3) is 3.89. The summed E-state index contributed by atoms with van der Waals surface area (Å²) in [6.07, 6.45) is 2.05. The van der Waals surface area contributed by atoms with Gasteiger partial charge in [0.25, 0.3) is 11.9 Å². The molecule has 27 heavy (non-hydrogen) atoms. The maximum atomic E-state index is 12.2. The van der Waals surface area contributed by atoms with Crippen LogP contribution >= 0.6 is 0 Å². The van der Waals surface area contributed by atoms with Gasteiger partial charge in [-0.25, -0.2) is 0 Å². The average molecular weight is 365 g/mol. The first-order valence-electron chi connectivity index (χ1n) is 9.28. The molecule has 0 aliphatic carbocycles. The van der Waals surface area contributed by atoms with Crippen molar-refractivity contribution in [2.75, 3.05) is 24.6 Å². The highest BCUT2D eigenvalue weighted by Crippen LogP contribution is 2.28. The number of oxazole rings is 1. The number of fused-ring (bicyclic) bond motifs is 1. The van der Waals surface area contributed by atoms with E-state index in [9.17, 15) is 4.79 Å². The van der Waals surface area contributed by atoms with Gasteiger partial charge in [0.2, 0.25) is 0 Å². The predicted molar refractivity (Wildman–Crippen MR) is 104 cm³/mol. The van der Waals surface area contributed by atoms with Crippen LogP contribution in [0.15, 0.2) is 52.9 Å². The van der Waals surface area contributed by atoms with E-state index in [1.165, 1.54) is 0 Å².